The fraction of sp³-hybridized carbons (Fsp3) is 0.231. The molecule has 1 rings (SSSR count). The van der Waals surface area contributed by atoms with Crippen molar-refractivity contribution in [3.05, 3.63) is 29.8 Å². The fourth-order valence-electron chi connectivity index (χ4n) is 1.44. The first kappa shape index (κ1) is 16.4. The van der Waals surface area contributed by atoms with Gasteiger partial charge in [0.1, 0.15) is 0 Å². The van der Waals surface area contributed by atoms with Crippen molar-refractivity contribution < 1.29 is 27.8 Å². The van der Waals surface area contributed by atoms with E-state index in [1.165, 1.54) is 25.3 Å². The second kappa shape index (κ2) is 7.83. The molecule has 3 N–H and O–H groups in total. The SMILES string of the molecule is COc1cccc(/C=C/C(=O)NCC(N)=O)c1OC(F)F. The van der Waals surface area contributed by atoms with Gasteiger partial charge < -0.3 is 20.5 Å². The second-order valence-corrected chi connectivity index (χ2v) is 3.77. The van der Waals surface area contributed by atoms with Crippen molar-refractivity contribution in [2.45, 2.75) is 6.61 Å². The van der Waals surface area contributed by atoms with Gasteiger partial charge in [0.25, 0.3) is 0 Å². The van der Waals surface area contributed by atoms with Gasteiger partial charge in [0.05, 0.1) is 13.7 Å². The summed E-state index contributed by atoms with van der Waals surface area (Å²) >= 11 is 0. The molecule has 8 heteroatoms. The van der Waals surface area contributed by atoms with E-state index >= 15 is 0 Å². The van der Waals surface area contributed by atoms with Gasteiger partial charge in [0, 0.05) is 11.6 Å². The summed E-state index contributed by atoms with van der Waals surface area (Å²) in [7, 11) is 1.31. The first-order valence-corrected chi connectivity index (χ1v) is 5.80. The smallest absolute Gasteiger partial charge is 0.387 e. The number of para-hydroxylation sites is 1. The molecule has 0 heterocycles. The number of nitrogens with two attached hydrogens (primary N) is 1. The molecule has 1 aromatic rings. The number of ether oxygens (including phenoxy) is 2. The Kier molecular flexibility index (Phi) is 6.12. The number of nitrogens with one attached hydrogen (secondary N) is 1. The van der Waals surface area contributed by atoms with Crippen LogP contribution in [-0.4, -0.2) is 32.1 Å². The quantitative estimate of drug-likeness (QED) is 0.732. The maximum atomic E-state index is 12.4. The predicted octanol–water partition coefficient (Wildman–Crippen LogP) is 0.911. The van der Waals surface area contributed by atoms with E-state index in [0.717, 1.165) is 6.08 Å². The first-order valence-electron chi connectivity index (χ1n) is 5.80. The molecule has 1 aromatic carbocycles. The normalized spacial score (nSPS) is 10.7. The first-order chi connectivity index (χ1) is 9.93. The summed E-state index contributed by atoms with van der Waals surface area (Å²) < 4.78 is 34.1. The van der Waals surface area contributed by atoms with Crippen molar-refractivity contribution >= 4 is 17.9 Å². The minimum absolute atomic E-state index is 0.106. The third-order valence-corrected chi connectivity index (χ3v) is 2.29. The number of amides is 2. The van der Waals surface area contributed by atoms with E-state index in [1.54, 1.807) is 6.07 Å². The highest BCUT2D eigenvalue weighted by atomic mass is 19.3. The Morgan fingerprint density at radius 2 is 2.14 bits per heavy atom. The number of rotatable bonds is 7. The topological polar surface area (TPSA) is 90.6 Å². The van der Waals surface area contributed by atoms with Crippen molar-refractivity contribution in [3.63, 3.8) is 0 Å². The zero-order valence-corrected chi connectivity index (χ0v) is 11.1. The van der Waals surface area contributed by atoms with Gasteiger partial charge in [-0.05, 0) is 12.1 Å². The molecule has 21 heavy (non-hydrogen) atoms. The predicted molar refractivity (Wildman–Crippen MR) is 70.9 cm³/mol. The Hall–Kier alpha value is -2.64. The number of alkyl halides is 2. The lowest BCUT2D eigenvalue weighted by Crippen LogP contribution is -2.32. The largest absolute Gasteiger partial charge is 0.493 e. The number of carbonyl (C=O) groups excluding carboxylic acids is 2. The molecule has 2 amide bonds. The maximum absolute atomic E-state index is 12.4. The summed E-state index contributed by atoms with van der Waals surface area (Å²) in [4.78, 5) is 21.9. The number of hydrogen-bond donors (Lipinski definition) is 2. The van der Waals surface area contributed by atoms with Crippen LogP contribution in [-0.2, 0) is 9.59 Å². The Morgan fingerprint density at radius 3 is 2.71 bits per heavy atom. The third kappa shape index (κ3) is 5.47. The van der Waals surface area contributed by atoms with E-state index in [9.17, 15) is 18.4 Å². The van der Waals surface area contributed by atoms with Crippen LogP contribution in [0.4, 0.5) is 8.78 Å². The van der Waals surface area contributed by atoms with Gasteiger partial charge in [-0.15, -0.1) is 0 Å². The van der Waals surface area contributed by atoms with Crippen molar-refractivity contribution in [1.82, 2.24) is 5.32 Å². The summed E-state index contributed by atoms with van der Waals surface area (Å²) in [5, 5.41) is 2.22. The molecule has 0 radical (unpaired) electrons. The van der Waals surface area contributed by atoms with Crippen LogP contribution in [0.2, 0.25) is 0 Å². The van der Waals surface area contributed by atoms with Crippen LogP contribution >= 0.6 is 0 Å². The fourth-order valence-corrected chi connectivity index (χ4v) is 1.44. The lowest BCUT2D eigenvalue weighted by Gasteiger charge is -2.12. The Labute approximate surface area is 119 Å². The lowest BCUT2D eigenvalue weighted by atomic mass is 10.1. The van der Waals surface area contributed by atoms with Gasteiger partial charge in [-0.25, -0.2) is 0 Å². The van der Waals surface area contributed by atoms with E-state index in [4.69, 9.17) is 10.5 Å². The molecule has 6 nitrogen and oxygen atoms in total. The van der Waals surface area contributed by atoms with Gasteiger partial charge in [-0.2, -0.15) is 8.78 Å². The van der Waals surface area contributed by atoms with Crippen molar-refractivity contribution in [2.75, 3.05) is 13.7 Å². The van der Waals surface area contributed by atoms with Crippen LogP contribution in [0.5, 0.6) is 11.5 Å². The van der Waals surface area contributed by atoms with E-state index in [1.807, 2.05) is 0 Å². The van der Waals surface area contributed by atoms with E-state index in [-0.39, 0.29) is 23.6 Å². The number of primary amides is 1. The van der Waals surface area contributed by atoms with Crippen LogP contribution in [0.1, 0.15) is 5.56 Å². The van der Waals surface area contributed by atoms with Gasteiger partial charge in [-0.3, -0.25) is 9.59 Å². The van der Waals surface area contributed by atoms with Crippen LogP contribution in [0, 0.1) is 0 Å². The zero-order valence-electron chi connectivity index (χ0n) is 11.1. The molecule has 0 fully saturated rings. The van der Waals surface area contributed by atoms with E-state index in [0.29, 0.717) is 0 Å². The number of carbonyl (C=O) groups is 2. The van der Waals surface area contributed by atoms with Crippen molar-refractivity contribution in [1.29, 1.82) is 0 Å². The van der Waals surface area contributed by atoms with Gasteiger partial charge in [0.2, 0.25) is 11.8 Å². The number of halogens is 2. The molecule has 0 saturated carbocycles. The Bertz CT molecular complexity index is 547. The van der Waals surface area contributed by atoms with E-state index in [2.05, 4.69) is 10.1 Å². The molecule has 0 aliphatic rings. The lowest BCUT2D eigenvalue weighted by molar-refractivity contribution is -0.122. The standard InChI is InChI=1S/C13H14F2N2O4/c1-20-9-4-2-3-8(12(9)21-13(14)15)5-6-11(19)17-7-10(16)18/h2-6,13H,7H2,1H3,(H2,16,18)(H,17,19)/b6-5+. The van der Waals surface area contributed by atoms with Crippen LogP contribution in [0.3, 0.4) is 0 Å². The number of methoxy groups -OCH3 is 1. The van der Waals surface area contributed by atoms with Crippen LogP contribution < -0.4 is 20.5 Å². The van der Waals surface area contributed by atoms with Gasteiger partial charge >= 0.3 is 6.61 Å². The highest BCUT2D eigenvalue weighted by molar-refractivity contribution is 5.94. The maximum Gasteiger partial charge on any atom is 0.387 e. The summed E-state index contributed by atoms with van der Waals surface area (Å²) in [6.07, 6.45) is 2.33. The summed E-state index contributed by atoms with van der Waals surface area (Å²) in [5.74, 6) is -1.37. The minimum atomic E-state index is -3.03. The molecule has 0 atom stereocenters. The van der Waals surface area contributed by atoms with Gasteiger partial charge in [0.15, 0.2) is 11.5 Å². The average Bonchev–Trinajstić information content (AvgIpc) is 2.43. The van der Waals surface area contributed by atoms with Crippen molar-refractivity contribution in [3.8, 4) is 11.5 Å². The van der Waals surface area contributed by atoms with Crippen molar-refractivity contribution in [2.24, 2.45) is 5.73 Å². The van der Waals surface area contributed by atoms with Crippen LogP contribution in [0.15, 0.2) is 24.3 Å². The molecule has 0 aromatic heterocycles. The molecular weight excluding hydrogens is 286 g/mol. The van der Waals surface area contributed by atoms with Gasteiger partial charge in [-0.1, -0.05) is 12.1 Å². The second-order valence-electron chi connectivity index (χ2n) is 3.77. The van der Waals surface area contributed by atoms with Crippen LogP contribution in [0.25, 0.3) is 6.08 Å². The summed E-state index contributed by atoms with van der Waals surface area (Å²) in [5.41, 5.74) is 5.09. The molecule has 0 aliphatic carbocycles. The average molecular weight is 300 g/mol. The highest BCUT2D eigenvalue weighted by Gasteiger charge is 2.13. The molecule has 114 valence electrons. The third-order valence-electron chi connectivity index (χ3n) is 2.29. The summed E-state index contributed by atoms with van der Waals surface area (Å²) in [6.45, 7) is -3.35. The molecule has 0 unspecified atom stereocenters. The van der Waals surface area contributed by atoms with E-state index < -0.39 is 18.4 Å². The zero-order chi connectivity index (χ0) is 15.8. The highest BCUT2D eigenvalue weighted by Crippen LogP contribution is 2.33. The Balaban J connectivity index is 2.91. The monoisotopic (exact) mass is 300 g/mol. The minimum Gasteiger partial charge on any atom is -0.493 e. The molecule has 0 saturated heterocycles. The molecule has 0 spiro atoms. The molecular formula is C13H14F2N2O4. The Morgan fingerprint density at radius 1 is 1.43 bits per heavy atom. The number of benzene rings is 1. The molecule has 0 aliphatic heterocycles. The molecule has 0 bridgehead atoms. The number of hydrogen-bond acceptors (Lipinski definition) is 4. The summed E-state index contributed by atoms with van der Waals surface area (Å²) in [6, 6.07) is 4.47.